The molecular formula is C16H13ClN6O. The van der Waals surface area contributed by atoms with Gasteiger partial charge >= 0.3 is 0 Å². The summed E-state index contributed by atoms with van der Waals surface area (Å²) in [5.41, 5.74) is 2.86. The fourth-order valence-corrected chi connectivity index (χ4v) is 2.92. The van der Waals surface area contributed by atoms with Gasteiger partial charge < -0.3 is 4.98 Å². The molecule has 4 aromatic rings. The van der Waals surface area contributed by atoms with Crippen LogP contribution in [0.15, 0.2) is 36.4 Å². The normalized spacial score (nSPS) is 12.6. The summed E-state index contributed by atoms with van der Waals surface area (Å²) in [7, 11) is 0. The number of aromatic amines is 2. The molecule has 0 fully saturated rings. The van der Waals surface area contributed by atoms with Crippen LogP contribution in [0.3, 0.4) is 0 Å². The van der Waals surface area contributed by atoms with Crippen LogP contribution in [-0.4, -0.2) is 31.5 Å². The van der Waals surface area contributed by atoms with Gasteiger partial charge in [-0.15, -0.1) is 5.10 Å². The molecule has 0 saturated heterocycles. The van der Waals surface area contributed by atoms with Crippen molar-refractivity contribution in [1.29, 1.82) is 0 Å². The van der Waals surface area contributed by atoms with Crippen molar-refractivity contribution in [3.63, 3.8) is 0 Å². The molecule has 2 heterocycles. The van der Waals surface area contributed by atoms with Crippen molar-refractivity contribution in [2.45, 2.75) is 12.8 Å². The Bertz CT molecular complexity index is 1040. The van der Waals surface area contributed by atoms with Gasteiger partial charge in [0.2, 0.25) is 5.91 Å². The highest BCUT2D eigenvalue weighted by atomic mass is 35.5. The van der Waals surface area contributed by atoms with E-state index in [1.54, 1.807) is 0 Å². The number of benzene rings is 2. The predicted molar refractivity (Wildman–Crippen MR) is 92.0 cm³/mol. The van der Waals surface area contributed by atoms with Crippen molar-refractivity contribution in [3.8, 4) is 0 Å². The first-order valence-corrected chi connectivity index (χ1v) is 7.75. The van der Waals surface area contributed by atoms with Crippen LogP contribution in [-0.2, 0) is 4.79 Å². The summed E-state index contributed by atoms with van der Waals surface area (Å²) >= 11 is 6.08. The zero-order chi connectivity index (χ0) is 16.7. The van der Waals surface area contributed by atoms with Crippen molar-refractivity contribution >= 4 is 45.3 Å². The molecule has 0 radical (unpaired) electrons. The van der Waals surface area contributed by atoms with E-state index in [4.69, 9.17) is 11.6 Å². The lowest BCUT2D eigenvalue weighted by Gasteiger charge is -2.10. The number of rotatable bonds is 3. The standard InChI is InChI=1S/C16H13ClN6O/c1-8(15(24)19-16-20-22-23-21-16)9-2-4-11-12-7-10(17)3-5-13(12)18-14(11)6-9/h2-8,18H,1H3,(H2,19,20,21,22,23,24)/t8-/m1/s1. The molecule has 0 aliphatic rings. The van der Waals surface area contributed by atoms with Crippen molar-refractivity contribution in [2.75, 3.05) is 5.32 Å². The number of anilines is 1. The minimum Gasteiger partial charge on any atom is -0.355 e. The van der Waals surface area contributed by atoms with E-state index in [2.05, 4.69) is 30.9 Å². The lowest BCUT2D eigenvalue weighted by atomic mass is 9.99. The second-order valence-corrected chi connectivity index (χ2v) is 6.00. The van der Waals surface area contributed by atoms with Gasteiger partial charge in [-0.1, -0.05) is 28.8 Å². The van der Waals surface area contributed by atoms with Crippen LogP contribution in [0, 0.1) is 0 Å². The summed E-state index contributed by atoms with van der Waals surface area (Å²) in [6, 6.07) is 11.6. The summed E-state index contributed by atoms with van der Waals surface area (Å²) in [4.78, 5) is 15.7. The third kappa shape index (κ3) is 2.48. The molecule has 0 unspecified atom stereocenters. The molecule has 1 atom stereocenters. The van der Waals surface area contributed by atoms with Gasteiger partial charge in [0, 0.05) is 26.8 Å². The van der Waals surface area contributed by atoms with E-state index >= 15 is 0 Å². The van der Waals surface area contributed by atoms with Crippen molar-refractivity contribution in [2.24, 2.45) is 0 Å². The highest BCUT2D eigenvalue weighted by molar-refractivity contribution is 6.31. The van der Waals surface area contributed by atoms with Gasteiger partial charge in [-0.2, -0.15) is 5.21 Å². The molecule has 0 saturated carbocycles. The third-order valence-electron chi connectivity index (χ3n) is 4.06. The Balaban J connectivity index is 1.69. The van der Waals surface area contributed by atoms with Gasteiger partial charge in [0.05, 0.1) is 5.92 Å². The number of hydrogen-bond donors (Lipinski definition) is 3. The highest BCUT2D eigenvalue weighted by Gasteiger charge is 2.18. The Labute approximate surface area is 141 Å². The van der Waals surface area contributed by atoms with Gasteiger partial charge in [-0.3, -0.25) is 10.1 Å². The Morgan fingerprint density at radius 1 is 1.17 bits per heavy atom. The van der Waals surface area contributed by atoms with Crippen LogP contribution in [0.2, 0.25) is 5.02 Å². The maximum absolute atomic E-state index is 12.3. The van der Waals surface area contributed by atoms with E-state index in [1.807, 2.05) is 43.3 Å². The van der Waals surface area contributed by atoms with Crippen LogP contribution in [0.25, 0.3) is 21.8 Å². The predicted octanol–water partition coefficient (Wildman–Crippen LogP) is 3.23. The molecule has 3 N–H and O–H groups in total. The summed E-state index contributed by atoms with van der Waals surface area (Å²) in [6.45, 7) is 1.83. The number of carbonyl (C=O) groups is 1. The molecule has 0 aliphatic heterocycles. The molecule has 1 amide bonds. The zero-order valence-electron chi connectivity index (χ0n) is 12.7. The van der Waals surface area contributed by atoms with Gasteiger partial charge in [0.1, 0.15) is 0 Å². The number of aromatic nitrogens is 5. The number of tetrazole rings is 1. The molecule has 4 rings (SSSR count). The third-order valence-corrected chi connectivity index (χ3v) is 4.29. The van der Waals surface area contributed by atoms with Crippen molar-refractivity contribution in [1.82, 2.24) is 25.6 Å². The maximum atomic E-state index is 12.3. The summed E-state index contributed by atoms with van der Waals surface area (Å²) in [5.74, 6) is -0.397. The first kappa shape index (κ1) is 14.6. The molecule has 0 spiro atoms. The SMILES string of the molecule is C[C@@H](C(=O)Nc1nn[nH]n1)c1ccc2c(c1)[nH]c1ccc(Cl)cc12. The van der Waals surface area contributed by atoms with Crippen LogP contribution in [0.5, 0.6) is 0 Å². The maximum Gasteiger partial charge on any atom is 0.269 e. The lowest BCUT2D eigenvalue weighted by molar-refractivity contribution is -0.117. The number of carbonyl (C=O) groups excluding carboxylic acids is 1. The van der Waals surface area contributed by atoms with E-state index in [-0.39, 0.29) is 17.8 Å². The van der Waals surface area contributed by atoms with Gasteiger partial charge in [0.25, 0.3) is 5.95 Å². The second-order valence-electron chi connectivity index (χ2n) is 5.57. The monoisotopic (exact) mass is 340 g/mol. The number of amides is 1. The van der Waals surface area contributed by atoms with Crippen molar-refractivity contribution < 1.29 is 4.79 Å². The largest absolute Gasteiger partial charge is 0.355 e. The first-order valence-electron chi connectivity index (χ1n) is 7.37. The number of nitrogens with one attached hydrogen (secondary N) is 3. The number of nitrogens with zero attached hydrogens (tertiary/aromatic N) is 3. The molecule has 0 aliphatic carbocycles. The number of hydrogen-bond acceptors (Lipinski definition) is 4. The molecule has 2 aromatic heterocycles. The Hall–Kier alpha value is -2.93. The number of halogens is 1. The summed E-state index contributed by atoms with van der Waals surface area (Å²) in [5, 5.41) is 18.6. The smallest absolute Gasteiger partial charge is 0.269 e. The van der Waals surface area contributed by atoms with E-state index in [0.29, 0.717) is 5.02 Å². The van der Waals surface area contributed by atoms with Crippen LogP contribution in [0.4, 0.5) is 5.95 Å². The van der Waals surface area contributed by atoms with Crippen molar-refractivity contribution in [3.05, 3.63) is 47.0 Å². The van der Waals surface area contributed by atoms with E-state index in [9.17, 15) is 4.79 Å². The molecule has 2 aromatic carbocycles. The number of H-pyrrole nitrogens is 2. The van der Waals surface area contributed by atoms with Crippen LogP contribution < -0.4 is 5.32 Å². The zero-order valence-corrected chi connectivity index (χ0v) is 13.4. The van der Waals surface area contributed by atoms with Gasteiger partial charge in [-0.25, -0.2) is 0 Å². The minimum absolute atomic E-state index is 0.160. The highest BCUT2D eigenvalue weighted by Crippen LogP contribution is 2.30. The average Bonchev–Trinajstić information content (AvgIpc) is 3.20. The number of fused-ring (bicyclic) bond motifs is 3. The lowest BCUT2D eigenvalue weighted by Crippen LogP contribution is -2.19. The van der Waals surface area contributed by atoms with Gasteiger partial charge in [-0.05, 0) is 42.0 Å². The quantitative estimate of drug-likeness (QED) is 0.533. The topological polar surface area (TPSA) is 99.3 Å². The minimum atomic E-state index is -0.358. The Kier molecular flexibility index (Phi) is 3.42. The Morgan fingerprint density at radius 3 is 2.83 bits per heavy atom. The molecular weight excluding hydrogens is 328 g/mol. The summed E-state index contributed by atoms with van der Waals surface area (Å²) in [6.07, 6.45) is 0. The Morgan fingerprint density at radius 2 is 2.04 bits per heavy atom. The fourth-order valence-electron chi connectivity index (χ4n) is 2.75. The average molecular weight is 341 g/mol. The molecule has 24 heavy (non-hydrogen) atoms. The molecule has 120 valence electrons. The second kappa shape index (κ2) is 5.61. The van der Waals surface area contributed by atoms with E-state index in [1.165, 1.54) is 0 Å². The fraction of sp³-hybridized carbons (Fsp3) is 0.125. The molecule has 0 bridgehead atoms. The first-order chi connectivity index (χ1) is 11.6. The van der Waals surface area contributed by atoms with Crippen LogP contribution in [0.1, 0.15) is 18.4 Å². The van der Waals surface area contributed by atoms with Crippen LogP contribution >= 0.6 is 11.6 Å². The van der Waals surface area contributed by atoms with E-state index in [0.717, 1.165) is 27.4 Å². The summed E-state index contributed by atoms with van der Waals surface area (Å²) < 4.78 is 0. The van der Waals surface area contributed by atoms with Gasteiger partial charge in [0.15, 0.2) is 0 Å². The molecule has 8 heteroatoms. The van der Waals surface area contributed by atoms with E-state index < -0.39 is 0 Å². The molecule has 7 nitrogen and oxygen atoms in total.